The third-order valence-corrected chi connectivity index (χ3v) is 2.98. The first kappa shape index (κ1) is 26.2. The van der Waals surface area contributed by atoms with Gasteiger partial charge in [-0.2, -0.15) is 0 Å². The number of halogens is 6. The molecule has 0 spiro atoms. The first-order valence-corrected chi connectivity index (χ1v) is 9.84. The SMILES string of the molecule is O=C([O-])CC(I)(I)I.O=C([O-])CC(I)(I)I.[Cd+2]. The van der Waals surface area contributed by atoms with Crippen molar-refractivity contribution in [2.75, 3.05) is 0 Å². The van der Waals surface area contributed by atoms with Crippen LogP contribution >= 0.6 is 136 Å². The van der Waals surface area contributed by atoms with E-state index in [9.17, 15) is 19.8 Å². The van der Waals surface area contributed by atoms with Gasteiger partial charge in [0.25, 0.3) is 0 Å². The van der Waals surface area contributed by atoms with Gasteiger partial charge in [0.1, 0.15) is -1.13 Å². The molecular formula is C6H4CdI6O4. The average Bonchev–Trinajstić information content (AvgIpc) is 1.72. The van der Waals surface area contributed by atoms with Crippen LogP contribution in [0.3, 0.4) is 0 Å². The second kappa shape index (κ2) is 12.8. The molecule has 0 aliphatic heterocycles. The van der Waals surface area contributed by atoms with Crippen molar-refractivity contribution in [1.29, 1.82) is 0 Å². The Labute approximate surface area is 201 Å². The number of carboxylic acid groups (broad SMARTS) is 2. The number of aliphatic carboxylic acids is 2. The van der Waals surface area contributed by atoms with Crippen LogP contribution in [0.25, 0.3) is 0 Å². The molecule has 4 nitrogen and oxygen atoms in total. The van der Waals surface area contributed by atoms with Gasteiger partial charge in [-0.15, -0.1) is 0 Å². The molecule has 0 saturated carbocycles. The van der Waals surface area contributed by atoms with Crippen molar-refractivity contribution >= 4 is 147 Å². The normalized spacial score (nSPS) is 10.7. The van der Waals surface area contributed by atoms with Gasteiger partial charge in [0.2, 0.25) is 0 Å². The molecule has 0 fully saturated rings. The zero-order chi connectivity index (χ0) is 13.6. The third-order valence-electron chi connectivity index (χ3n) is 0.690. The Balaban J connectivity index is -0.000000218. The molecule has 0 rings (SSSR count). The Morgan fingerprint density at radius 1 is 0.765 bits per heavy atom. The van der Waals surface area contributed by atoms with E-state index in [0.717, 1.165) is 0 Å². The summed E-state index contributed by atoms with van der Waals surface area (Å²) in [7, 11) is 0. The molecule has 96 valence electrons. The number of carboxylic acids is 2. The Hall–Kier alpha value is 4.24. The molecule has 0 aromatic carbocycles. The van der Waals surface area contributed by atoms with Gasteiger partial charge in [-0.1, -0.05) is 136 Å². The van der Waals surface area contributed by atoms with Gasteiger partial charge < -0.3 is 19.8 Å². The van der Waals surface area contributed by atoms with Gasteiger partial charge in [-0.05, 0) is 0 Å². The molecule has 0 atom stereocenters. The summed E-state index contributed by atoms with van der Waals surface area (Å²) in [6, 6.07) is 0. The van der Waals surface area contributed by atoms with E-state index in [1.165, 1.54) is 0 Å². The minimum atomic E-state index is -0.997. The minimum Gasteiger partial charge on any atom is -0.550 e. The molecule has 0 N–H and O–H groups in total. The molecule has 0 aromatic rings. The van der Waals surface area contributed by atoms with E-state index in [1.54, 1.807) is 0 Å². The van der Waals surface area contributed by atoms with Crippen LogP contribution in [0.1, 0.15) is 12.8 Å². The van der Waals surface area contributed by atoms with Crippen LogP contribution in [-0.4, -0.2) is 10.8 Å². The second-order valence-electron chi connectivity index (χ2n) is 2.33. The van der Waals surface area contributed by atoms with E-state index in [2.05, 4.69) is 0 Å². The number of carbonyl (C=O) groups excluding carboxylic acids is 2. The Kier molecular flexibility index (Phi) is 19.6. The first-order chi connectivity index (χ1) is 6.83. The first-order valence-electron chi connectivity index (χ1n) is 3.36. The predicted molar refractivity (Wildman–Crippen MR) is 109 cm³/mol. The van der Waals surface area contributed by atoms with Crippen molar-refractivity contribution in [3.63, 3.8) is 0 Å². The molecule has 0 heterocycles. The van der Waals surface area contributed by atoms with Crippen LogP contribution in [0.15, 0.2) is 0 Å². The van der Waals surface area contributed by atoms with Crippen LogP contribution in [0.4, 0.5) is 0 Å². The summed E-state index contributed by atoms with van der Waals surface area (Å²) >= 11 is 12.3. The monoisotopic (exact) mass is 1020 g/mol. The quantitative estimate of drug-likeness (QED) is 0.246. The van der Waals surface area contributed by atoms with Gasteiger partial charge in [0, 0.05) is 24.8 Å². The maximum atomic E-state index is 9.89. The number of hydrogen-bond donors (Lipinski definition) is 0. The van der Waals surface area contributed by atoms with Crippen molar-refractivity contribution in [3.05, 3.63) is 0 Å². The molecule has 0 unspecified atom stereocenters. The zero-order valence-electron chi connectivity index (χ0n) is 8.02. The molecule has 0 saturated heterocycles. The fraction of sp³-hybridized carbons (Fsp3) is 0.667. The molecule has 11 heteroatoms. The summed E-state index contributed by atoms with van der Waals surface area (Å²) in [6.07, 6.45) is 0.184. The van der Waals surface area contributed by atoms with Gasteiger partial charge in [-0.25, -0.2) is 0 Å². The van der Waals surface area contributed by atoms with Gasteiger partial charge in [0.05, 0.1) is 0 Å². The standard InChI is InChI=1S/2C3H3I3O2.Cd/c2*4-3(5,6)1-2(7)8;/h2*1H2,(H,7,8);/q;;+2/p-2. The van der Waals surface area contributed by atoms with Crippen molar-refractivity contribution in [2.24, 2.45) is 0 Å². The van der Waals surface area contributed by atoms with E-state index in [1.807, 2.05) is 136 Å². The largest absolute Gasteiger partial charge is 2.00 e. The molecule has 0 bridgehead atoms. The van der Waals surface area contributed by atoms with Gasteiger partial charge in [-0.3, -0.25) is 0 Å². The van der Waals surface area contributed by atoms with Crippen LogP contribution in [0.2, 0.25) is 0 Å². The summed E-state index contributed by atoms with van der Waals surface area (Å²) in [4.78, 5) is 19.8. The average molecular weight is 1010 g/mol. The maximum absolute atomic E-state index is 9.89. The van der Waals surface area contributed by atoms with E-state index in [4.69, 9.17) is 0 Å². The van der Waals surface area contributed by atoms with Crippen molar-refractivity contribution < 1.29 is 47.1 Å². The number of alkyl halides is 6. The zero-order valence-corrected chi connectivity index (χ0v) is 25.0. The molecule has 0 aromatic heterocycles. The Morgan fingerprint density at radius 2 is 0.941 bits per heavy atom. The number of carbonyl (C=O) groups is 2. The van der Waals surface area contributed by atoms with Crippen LogP contribution in [0, 0.1) is 0 Å². The number of rotatable bonds is 4. The Morgan fingerprint density at radius 3 is 0.941 bits per heavy atom. The summed E-state index contributed by atoms with van der Waals surface area (Å²) in [6.45, 7) is 0. The summed E-state index contributed by atoms with van der Waals surface area (Å²) in [5.74, 6) is -1.99. The molecule has 0 aliphatic carbocycles. The molecule has 17 heavy (non-hydrogen) atoms. The smallest absolute Gasteiger partial charge is 0.550 e. The van der Waals surface area contributed by atoms with Crippen LogP contribution < -0.4 is 10.2 Å². The summed E-state index contributed by atoms with van der Waals surface area (Å²) in [5, 5.41) is 19.8. The second-order valence-corrected chi connectivity index (χ2v) is 25.8. The minimum absolute atomic E-state index is 0. The number of hydrogen-bond acceptors (Lipinski definition) is 4. The Bertz CT molecular complexity index is 222. The van der Waals surface area contributed by atoms with E-state index in [0.29, 0.717) is 0 Å². The van der Waals surface area contributed by atoms with Gasteiger partial charge in [0.15, 0.2) is 0 Å². The summed E-state index contributed by atoms with van der Waals surface area (Å²) < 4.78 is -0.460. The van der Waals surface area contributed by atoms with Gasteiger partial charge >= 0.3 is 27.3 Å². The van der Waals surface area contributed by atoms with Crippen molar-refractivity contribution in [3.8, 4) is 0 Å². The van der Waals surface area contributed by atoms with E-state index >= 15 is 0 Å². The molecule has 0 amide bonds. The fourth-order valence-electron chi connectivity index (χ4n) is 0.327. The van der Waals surface area contributed by atoms with E-state index in [-0.39, 0.29) is 39.0 Å². The van der Waals surface area contributed by atoms with Crippen molar-refractivity contribution in [1.82, 2.24) is 0 Å². The molecular weight excluding hydrogens is 1010 g/mol. The van der Waals surface area contributed by atoms with Crippen LogP contribution in [-0.2, 0) is 36.9 Å². The third kappa shape index (κ3) is 33.2. The predicted octanol–water partition coefficient (Wildman–Crippen LogP) is 2.17. The fourth-order valence-corrected chi connectivity index (χ4v) is 2.20. The van der Waals surface area contributed by atoms with E-state index < -0.39 is 11.9 Å². The van der Waals surface area contributed by atoms with Crippen LogP contribution in [0.5, 0.6) is 0 Å². The maximum Gasteiger partial charge on any atom is 2.00 e. The summed E-state index contributed by atoms with van der Waals surface area (Å²) in [5.41, 5.74) is 0. The van der Waals surface area contributed by atoms with Crippen molar-refractivity contribution in [2.45, 2.75) is 11.7 Å². The molecule has 0 aliphatic rings. The molecule has 0 radical (unpaired) electrons. The topological polar surface area (TPSA) is 80.3 Å².